The molecule has 2 rings (SSSR count). The van der Waals surface area contributed by atoms with E-state index in [1.165, 1.54) is 10.5 Å². The average Bonchev–Trinajstić information content (AvgIpc) is 2.79. The van der Waals surface area contributed by atoms with E-state index in [2.05, 4.69) is 4.98 Å². The van der Waals surface area contributed by atoms with Crippen molar-refractivity contribution in [3.05, 3.63) is 24.4 Å². The topological polar surface area (TPSA) is 99.4 Å². The summed E-state index contributed by atoms with van der Waals surface area (Å²) in [4.78, 5) is 3.10. The number of hydrogen-bond donors (Lipinski definition) is 3. The van der Waals surface area contributed by atoms with Crippen molar-refractivity contribution in [1.82, 2.24) is 9.29 Å². The van der Waals surface area contributed by atoms with E-state index in [0.717, 1.165) is 0 Å². The van der Waals surface area contributed by atoms with Crippen LogP contribution in [0.15, 0.2) is 29.3 Å². The zero-order valence-corrected chi connectivity index (χ0v) is 11.4. The molecule has 0 radical (unpaired) electrons. The molecule has 104 valence electrons. The van der Waals surface area contributed by atoms with Crippen molar-refractivity contribution >= 4 is 26.6 Å². The summed E-state index contributed by atoms with van der Waals surface area (Å²) in [5, 5.41) is 9.52. The number of rotatable bonds is 5. The third-order valence-corrected chi connectivity index (χ3v) is 5.00. The smallest absolute Gasteiger partial charge is 0.245 e. The Morgan fingerprint density at radius 2 is 2.16 bits per heavy atom. The van der Waals surface area contributed by atoms with Crippen LogP contribution in [0.5, 0.6) is 0 Å². The van der Waals surface area contributed by atoms with Gasteiger partial charge in [-0.15, -0.1) is 0 Å². The van der Waals surface area contributed by atoms with Crippen LogP contribution in [0.4, 0.5) is 5.69 Å². The van der Waals surface area contributed by atoms with Crippen LogP contribution in [0.2, 0.25) is 0 Å². The van der Waals surface area contributed by atoms with E-state index in [9.17, 15) is 8.42 Å². The van der Waals surface area contributed by atoms with E-state index < -0.39 is 10.0 Å². The number of aromatic amines is 1. The molecule has 0 saturated carbocycles. The van der Waals surface area contributed by atoms with Crippen LogP contribution in [0, 0.1) is 0 Å². The Kier molecular flexibility index (Phi) is 3.79. The number of H-pyrrole nitrogens is 1. The third-order valence-electron chi connectivity index (χ3n) is 2.99. The normalized spacial score (nSPS) is 12.4. The van der Waals surface area contributed by atoms with E-state index in [4.69, 9.17) is 10.8 Å². The second-order valence-electron chi connectivity index (χ2n) is 4.18. The number of fused-ring (bicyclic) bond motifs is 1. The Labute approximate surface area is 111 Å². The number of sulfonamides is 1. The highest BCUT2D eigenvalue weighted by Gasteiger charge is 2.25. The lowest BCUT2D eigenvalue weighted by atomic mass is 10.2. The molecule has 0 aliphatic heterocycles. The number of nitrogens with one attached hydrogen (secondary N) is 1. The van der Waals surface area contributed by atoms with Gasteiger partial charge in [0.15, 0.2) is 0 Å². The first kappa shape index (κ1) is 13.9. The number of aliphatic hydroxyl groups is 1. The predicted molar refractivity (Wildman–Crippen MR) is 74.2 cm³/mol. The third kappa shape index (κ3) is 2.44. The lowest BCUT2D eigenvalue weighted by molar-refractivity contribution is 0.257. The Balaban J connectivity index is 2.57. The van der Waals surface area contributed by atoms with Gasteiger partial charge < -0.3 is 15.8 Å². The van der Waals surface area contributed by atoms with Crippen molar-refractivity contribution < 1.29 is 13.5 Å². The number of likely N-dealkylation sites (N-methyl/N-ethyl adjacent to an activating group) is 1. The SMILES string of the molecule is CCN(CCO)S(=O)(=O)c1c[nH]c2ccc(N)cc12. The second kappa shape index (κ2) is 5.20. The number of nitrogens with two attached hydrogens (primary N) is 1. The summed E-state index contributed by atoms with van der Waals surface area (Å²) in [7, 11) is -3.63. The van der Waals surface area contributed by atoms with Crippen molar-refractivity contribution in [2.75, 3.05) is 25.4 Å². The number of anilines is 1. The molecule has 1 heterocycles. The van der Waals surface area contributed by atoms with Gasteiger partial charge in [0.25, 0.3) is 0 Å². The van der Waals surface area contributed by atoms with Crippen molar-refractivity contribution in [2.45, 2.75) is 11.8 Å². The molecule has 1 aromatic carbocycles. The van der Waals surface area contributed by atoms with E-state index >= 15 is 0 Å². The molecular weight excluding hydrogens is 266 g/mol. The maximum absolute atomic E-state index is 12.5. The highest BCUT2D eigenvalue weighted by molar-refractivity contribution is 7.89. The molecule has 7 heteroatoms. The largest absolute Gasteiger partial charge is 0.399 e. The van der Waals surface area contributed by atoms with Crippen molar-refractivity contribution in [2.24, 2.45) is 0 Å². The van der Waals surface area contributed by atoms with Crippen LogP contribution in [-0.4, -0.2) is 42.5 Å². The zero-order chi connectivity index (χ0) is 14.0. The molecule has 0 atom stereocenters. The number of nitrogens with zero attached hydrogens (tertiary/aromatic N) is 1. The second-order valence-corrected chi connectivity index (χ2v) is 6.08. The first-order valence-electron chi connectivity index (χ1n) is 5.98. The lowest BCUT2D eigenvalue weighted by Gasteiger charge is -2.18. The lowest BCUT2D eigenvalue weighted by Crippen LogP contribution is -2.33. The van der Waals surface area contributed by atoms with E-state index in [1.807, 2.05) is 0 Å². The minimum atomic E-state index is -3.63. The van der Waals surface area contributed by atoms with E-state index in [0.29, 0.717) is 23.1 Å². The Bertz CT molecular complexity index is 679. The van der Waals surface area contributed by atoms with Gasteiger partial charge in [0, 0.05) is 35.9 Å². The van der Waals surface area contributed by atoms with Crippen LogP contribution < -0.4 is 5.73 Å². The maximum atomic E-state index is 12.5. The maximum Gasteiger partial charge on any atom is 0.245 e. The molecule has 6 nitrogen and oxygen atoms in total. The summed E-state index contributed by atoms with van der Waals surface area (Å²) >= 11 is 0. The van der Waals surface area contributed by atoms with Gasteiger partial charge >= 0.3 is 0 Å². The van der Waals surface area contributed by atoms with Gasteiger partial charge in [-0.05, 0) is 18.2 Å². The molecule has 0 spiro atoms. The standard InChI is InChI=1S/C12H17N3O3S/c1-2-15(5-6-16)19(17,18)12-8-14-11-4-3-9(13)7-10(11)12/h3-4,7-8,14,16H,2,5-6,13H2,1H3. The molecule has 0 saturated heterocycles. The van der Waals surface area contributed by atoms with Gasteiger partial charge in [0.1, 0.15) is 4.90 Å². The number of aromatic nitrogens is 1. The van der Waals surface area contributed by atoms with Crippen molar-refractivity contribution in [3.63, 3.8) is 0 Å². The van der Waals surface area contributed by atoms with Crippen LogP contribution >= 0.6 is 0 Å². The summed E-state index contributed by atoms with van der Waals surface area (Å²) in [6, 6.07) is 5.08. The molecule has 2 aromatic rings. The summed E-state index contributed by atoms with van der Waals surface area (Å²) < 4.78 is 26.2. The highest BCUT2D eigenvalue weighted by atomic mass is 32.2. The quantitative estimate of drug-likeness (QED) is 0.705. The van der Waals surface area contributed by atoms with Crippen LogP contribution in [0.1, 0.15) is 6.92 Å². The van der Waals surface area contributed by atoms with Crippen molar-refractivity contribution in [3.8, 4) is 0 Å². The Morgan fingerprint density at radius 3 is 2.79 bits per heavy atom. The van der Waals surface area contributed by atoms with Crippen LogP contribution in [-0.2, 0) is 10.0 Å². The molecule has 0 aliphatic carbocycles. The number of nitrogen functional groups attached to an aromatic ring is 1. The first-order chi connectivity index (χ1) is 9.00. The molecule has 0 fully saturated rings. The number of benzene rings is 1. The minimum Gasteiger partial charge on any atom is -0.399 e. The summed E-state index contributed by atoms with van der Waals surface area (Å²) in [6.45, 7) is 1.90. The van der Waals surface area contributed by atoms with E-state index in [-0.39, 0.29) is 18.0 Å². The van der Waals surface area contributed by atoms with Gasteiger partial charge in [-0.3, -0.25) is 0 Å². The Hall–Kier alpha value is -1.57. The fourth-order valence-electron chi connectivity index (χ4n) is 2.02. The average molecular weight is 283 g/mol. The van der Waals surface area contributed by atoms with Gasteiger partial charge in [-0.1, -0.05) is 6.92 Å². The molecule has 0 unspecified atom stereocenters. The molecule has 19 heavy (non-hydrogen) atoms. The van der Waals surface area contributed by atoms with Gasteiger partial charge in [0.2, 0.25) is 10.0 Å². The number of hydrogen-bond acceptors (Lipinski definition) is 4. The van der Waals surface area contributed by atoms with Gasteiger partial charge in [-0.2, -0.15) is 4.31 Å². The van der Waals surface area contributed by atoms with Crippen LogP contribution in [0.25, 0.3) is 10.9 Å². The zero-order valence-electron chi connectivity index (χ0n) is 10.6. The molecule has 0 amide bonds. The minimum absolute atomic E-state index is 0.0772. The van der Waals surface area contributed by atoms with Crippen LogP contribution in [0.3, 0.4) is 0 Å². The summed E-state index contributed by atoms with van der Waals surface area (Å²) in [5.41, 5.74) is 6.92. The number of aliphatic hydroxyl groups excluding tert-OH is 1. The van der Waals surface area contributed by atoms with E-state index in [1.54, 1.807) is 25.1 Å². The fourth-order valence-corrected chi connectivity index (χ4v) is 3.62. The summed E-state index contributed by atoms with van der Waals surface area (Å²) in [6.07, 6.45) is 1.46. The van der Waals surface area contributed by atoms with Gasteiger partial charge in [0.05, 0.1) is 6.61 Å². The Morgan fingerprint density at radius 1 is 1.42 bits per heavy atom. The first-order valence-corrected chi connectivity index (χ1v) is 7.42. The molecule has 1 aromatic heterocycles. The molecular formula is C12H17N3O3S. The summed E-state index contributed by atoms with van der Waals surface area (Å²) in [5.74, 6) is 0. The van der Waals surface area contributed by atoms with Crippen molar-refractivity contribution in [1.29, 1.82) is 0 Å². The molecule has 4 N–H and O–H groups in total. The molecule has 0 aliphatic rings. The monoisotopic (exact) mass is 283 g/mol. The highest BCUT2D eigenvalue weighted by Crippen LogP contribution is 2.27. The van der Waals surface area contributed by atoms with Gasteiger partial charge in [-0.25, -0.2) is 8.42 Å². The molecule has 0 bridgehead atoms. The predicted octanol–water partition coefficient (Wildman–Crippen LogP) is 0.753. The fraction of sp³-hybridized carbons (Fsp3) is 0.333.